The maximum absolute atomic E-state index is 10.7. The van der Waals surface area contributed by atoms with Gasteiger partial charge in [0.1, 0.15) is 5.75 Å². The minimum absolute atomic E-state index is 0.317. The van der Waals surface area contributed by atoms with E-state index in [2.05, 4.69) is 4.84 Å². The summed E-state index contributed by atoms with van der Waals surface area (Å²) in [5, 5.41) is 9.08. The maximum Gasteiger partial charge on any atom is 0.302 e. The fourth-order valence-corrected chi connectivity index (χ4v) is 1.56. The van der Waals surface area contributed by atoms with E-state index in [4.69, 9.17) is 15.6 Å². The molecule has 0 fully saturated rings. The lowest BCUT2D eigenvalue weighted by atomic mass is 10.3. The van der Waals surface area contributed by atoms with E-state index in [-0.39, 0.29) is 5.75 Å². The van der Waals surface area contributed by atoms with Crippen LogP contribution in [0.3, 0.4) is 0 Å². The standard InChI is InChI=1S/C6H7NO5S/c7-12-5-3-1-2-4(8)6(5)13(9,10)11/h1-3,8H,7H2,(H,9,10,11). The molecule has 72 valence electrons. The van der Waals surface area contributed by atoms with Crippen molar-refractivity contribution in [3.8, 4) is 11.5 Å². The summed E-state index contributed by atoms with van der Waals surface area (Å²) in [4.78, 5) is 3.42. The first-order valence-corrected chi connectivity index (χ1v) is 4.57. The van der Waals surface area contributed by atoms with Crippen LogP contribution >= 0.6 is 0 Å². The van der Waals surface area contributed by atoms with Gasteiger partial charge in [-0.25, -0.2) is 0 Å². The largest absolute Gasteiger partial charge is 0.506 e. The molecule has 0 aliphatic heterocycles. The molecule has 4 N–H and O–H groups in total. The summed E-state index contributed by atoms with van der Waals surface area (Å²) < 4.78 is 30.0. The number of phenolic OH excluding ortho intramolecular Hbond substituents is 1. The van der Waals surface area contributed by atoms with Crippen molar-refractivity contribution in [2.24, 2.45) is 5.90 Å². The molecule has 0 atom stereocenters. The molecule has 0 aliphatic carbocycles. The molecule has 1 aromatic carbocycles. The Morgan fingerprint density at radius 3 is 2.38 bits per heavy atom. The normalized spacial score (nSPS) is 11.2. The minimum Gasteiger partial charge on any atom is -0.506 e. The predicted octanol–water partition coefficient (Wildman–Crippen LogP) is -0.109. The average Bonchev–Trinajstić information content (AvgIpc) is 2.01. The van der Waals surface area contributed by atoms with Crippen molar-refractivity contribution in [1.29, 1.82) is 0 Å². The number of phenols is 1. The molecule has 1 aromatic rings. The van der Waals surface area contributed by atoms with Gasteiger partial charge in [-0.3, -0.25) is 4.55 Å². The third-order valence-electron chi connectivity index (χ3n) is 1.34. The van der Waals surface area contributed by atoms with Crippen molar-refractivity contribution in [2.45, 2.75) is 4.90 Å². The molecular formula is C6H7NO5S. The fourth-order valence-electron chi connectivity index (χ4n) is 0.856. The van der Waals surface area contributed by atoms with Gasteiger partial charge in [0.15, 0.2) is 10.6 Å². The Kier molecular flexibility index (Phi) is 2.41. The zero-order chi connectivity index (χ0) is 10.1. The van der Waals surface area contributed by atoms with E-state index in [9.17, 15) is 8.42 Å². The zero-order valence-electron chi connectivity index (χ0n) is 6.34. The summed E-state index contributed by atoms with van der Waals surface area (Å²) in [7, 11) is -4.53. The van der Waals surface area contributed by atoms with Crippen LogP contribution in [-0.2, 0) is 10.1 Å². The van der Waals surface area contributed by atoms with Crippen molar-refractivity contribution in [3.63, 3.8) is 0 Å². The molecule has 13 heavy (non-hydrogen) atoms. The molecule has 0 heterocycles. The van der Waals surface area contributed by atoms with Gasteiger partial charge in [-0.1, -0.05) is 6.07 Å². The molecule has 0 bridgehead atoms. The van der Waals surface area contributed by atoms with Crippen LogP contribution in [0.25, 0.3) is 0 Å². The van der Waals surface area contributed by atoms with Crippen molar-refractivity contribution in [3.05, 3.63) is 18.2 Å². The summed E-state index contributed by atoms with van der Waals surface area (Å²) in [6.45, 7) is 0. The first-order chi connectivity index (χ1) is 5.96. The Balaban J connectivity index is 3.50. The van der Waals surface area contributed by atoms with Crippen LogP contribution in [0.4, 0.5) is 0 Å². The molecule has 0 aromatic heterocycles. The molecule has 0 unspecified atom stereocenters. The van der Waals surface area contributed by atoms with Gasteiger partial charge in [-0.2, -0.15) is 14.3 Å². The van der Waals surface area contributed by atoms with Crippen LogP contribution in [0.15, 0.2) is 23.1 Å². The number of hydrogen-bond acceptors (Lipinski definition) is 5. The second-order valence-electron chi connectivity index (χ2n) is 2.20. The Hall–Kier alpha value is -1.31. The van der Waals surface area contributed by atoms with E-state index in [1.54, 1.807) is 0 Å². The van der Waals surface area contributed by atoms with Gasteiger partial charge in [-0.15, -0.1) is 0 Å². The van der Waals surface area contributed by atoms with Crippen molar-refractivity contribution >= 4 is 10.1 Å². The monoisotopic (exact) mass is 205 g/mol. The van der Waals surface area contributed by atoms with Crippen LogP contribution in [0.5, 0.6) is 11.5 Å². The highest BCUT2D eigenvalue weighted by Gasteiger charge is 2.21. The SMILES string of the molecule is NOc1cccc(O)c1S(=O)(=O)O. The summed E-state index contributed by atoms with van der Waals surface area (Å²) in [6, 6.07) is 3.61. The summed E-state index contributed by atoms with van der Waals surface area (Å²) in [6.07, 6.45) is 0. The first-order valence-electron chi connectivity index (χ1n) is 3.13. The number of hydrogen-bond donors (Lipinski definition) is 3. The maximum atomic E-state index is 10.7. The Morgan fingerprint density at radius 2 is 2.00 bits per heavy atom. The third kappa shape index (κ3) is 1.89. The zero-order valence-corrected chi connectivity index (χ0v) is 7.15. The van der Waals surface area contributed by atoms with E-state index < -0.39 is 20.8 Å². The quantitative estimate of drug-likeness (QED) is 0.459. The van der Waals surface area contributed by atoms with Gasteiger partial charge in [0.05, 0.1) is 0 Å². The minimum atomic E-state index is -4.53. The van der Waals surface area contributed by atoms with Crippen molar-refractivity contribution in [1.82, 2.24) is 0 Å². The number of benzene rings is 1. The molecule has 0 saturated heterocycles. The van der Waals surface area contributed by atoms with Gasteiger partial charge in [0.2, 0.25) is 0 Å². The van der Waals surface area contributed by atoms with E-state index in [1.807, 2.05) is 0 Å². The lowest BCUT2D eigenvalue weighted by molar-refractivity contribution is 0.317. The Labute approximate surface area is 74.3 Å². The lowest BCUT2D eigenvalue weighted by Gasteiger charge is -2.05. The highest BCUT2D eigenvalue weighted by molar-refractivity contribution is 7.86. The van der Waals surface area contributed by atoms with Crippen LogP contribution in [-0.4, -0.2) is 18.1 Å². The summed E-state index contributed by atoms with van der Waals surface area (Å²) in [5.41, 5.74) is 0. The predicted molar refractivity (Wildman–Crippen MR) is 42.7 cm³/mol. The van der Waals surface area contributed by atoms with Crippen molar-refractivity contribution in [2.75, 3.05) is 0 Å². The molecule has 6 nitrogen and oxygen atoms in total. The smallest absolute Gasteiger partial charge is 0.302 e. The fraction of sp³-hybridized carbons (Fsp3) is 0. The molecule has 0 saturated carbocycles. The molecule has 0 amide bonds. The van der Waals surface area contributed by atoms with E-state index >= 15 is 0 Å². The third-order valence-corrected chi connectivity index (χ3v) is 2.27. The summed E-state index contributed by atoms with van der Waals surface area (Å²) >= 11 is 0. The van der Waals surface area contributed by atoms with Crippen LogP contribution < -0.4 is 10.7 Å². The van der Waals surface area contributed by atoms with E-state index in [1.165, 1.54) is 12.1 Å². The molecule has 0 aliphatic rings. The van der Waals surface area contributed by atoms with Crippen LogP contribution in [0.2, 0.25) is 0 Å². The average molecular weight is 205 g/mol. The number of nitrogens with two attached hydrogens (primary N) is 1. The molecule has 0 spiro atoms. The van der Waals surface area contributed by atoms with E-state index in [0.717, 1.165) is 6.07 Å². The molecule has 1 rings (SSSR count). The lowest BCUT2D eigenvalue weighted by Crippen LogP contribution is -2.08. The van der Waals surface area contributed by atoms with Gasteiger partial charge in [-0.05, 0) is 12.1 Å². The topological polar surface area (TPSA) is 110 Å². The molecule has 0 radical (unpaired) electrons. The number of aromatic hydroxyl groups is 1. The van der Waals surface area contributed by atoms with Gasteiger partial charge in [0, 0.05) is 0 Å². The second-order valence-corrected chi connectivity index (χ2v) is 3.56. The molecular weight excluding hydrogens is 198 g/mol. The highest BCUT2D eigenvalue weighted by Crippen LogP contribution is 2.30. The van der Waals surface area contributed by atoms with Crippen molar-refractivity contribution < 1.29 is 22.9 Å². The van der Waals surface area contributed by atoms with E-state index in [0.29, 0.717) is 0 Å². The Morgan fingerprint density at radius 1 is 1.38 bits per heavy atom. The van der Waals surface area contributed by atoms with Crippen LogP contribution in [0, 0.1) is 0 Å². The van der Waals surface area contributed by atoms with Gasteiger partial charge < -0.3 is 9.94 Å². The number of rotatable bonds is 2. The Bertz CT molecular complexity index is 413. The van der Waals surface area contributed by atoms with Crippen LogP contribution in [0.1, 0.15) is 0 Å². The summed E-state index contributed by atoms with van der Waals surface area (Å²) in [5.74, 6) is 3.79. The molecule has 7 heteroatoms. The van der Waals surface area contributed by atoms with Gasteiger partial charge >= 0.3 is 10.1 Å². The highest BCUT2D eigenvalue weighted by atomic mass is 32.2. The van der Waals surface area contributed by atoms with Gasteiger partial charge in [0.25, 0.3) is 0 Å². The second kappa shape index (κ2) is 3.21. The first kappa shape index (κ1) is 9.78.